The first kappa shape index (κ1) is 12.6. The quantitative estimate of drug-likeness (QED) is 0.880. The summed E-state index contributed by atoms with van der Waals surface area (Å²) in [5.74, 6) is 0. The van der Waals surface area contributed by atoms with Crippen LogP contribution in [-0.4, -0.2) is 30.5 Å². The van der Waals surface area contributed by atoms with E-state index < -0.39 is 0 Å². The first-order chi connectivity index (χ1) is 8.74. The summed E-state index contributed by atoms with van der Waals surface area (Å²) in [6.07, 6.45) is 2.06. The lowest BCUT2D eigenvalue weighted by Gasteiger charge is -2.02. The average Bonchev–Trinajstić information content (AvgIpc) is 2.78. The SMILES string of the molecule is CNc1ccc(-c2nn(CCOC)cc2C)cc1. The standard InChI is InChI=1S/C14H19N3O/c1-11-10-17(8-9-18-3)16-14(11)12-4-6-13(15-2)7-5-12/h4-7,10,15H,8-9H2,1-3H3. The number of anilines is 1. The maximum absolute atomic E-state index is 5.06. The second kappa shape index (κ2) is 5.69. The molecular weight excluding hydrogens is 226 g/mol. The van der Waals surface area contributed by atoms with Crippen LogP contribution in [0.5, 0.6) is 0 Å². The van der Waals surface area contributed by atoms with Gasteiger partial charge in [-0.1, -0.05) is 12.1 Å². The number of hydrogen-bond donors (Lipinski definition) is 1. The molecular formula is C14H19N3O. The van der Waals surface area contributed by atoms with Crippen molar-refractivity contribution >= 4 is 5.69 Å². The van der Waals surface area contributed by atoms with Gasteiger partial charge in [-0.05, 0) is 24.6 Å². The van der Waals surface area contributed by atoms with Gasteiger partial charge in [-0.3, -0.25) is 4.68 Å². The Morgan fingerprint density at radius 3 is 2.61 bits per heavy atom. The van der Waals surface area contributed by atoms with E-state index in [4.69, 9.17) is 4.74 Å². The van der Waals surface area contributed by atoms with E-state index in [1.165, 1.54) is 5.56 Å². The number of hydrogen-bond acceptors (Lipinski definition) is 3. The van der Waals surface area contributed by atoms with Gasteiger partial charge in [0.05, 0.1) is 18.8 Å². The molecule has 1 aromatic heterocycles. The summed E-state index contributed by atoms with van der Waals surface area (Å²) in [6.45, 7) is 3.54. The predicted molar refractivity (Wildman–Crippen MR) is 73.8 cm³/mol. The van der Waals surface area contributed by atoms with Crippen molar-refractivity contribution in [1.29, 1.82) is 0 Å². The van der Waals surface area contributed by atoms with E-state index in [0.29, 0.717) is 6.61 Å². The second-order valence-corrected chi connectivity index (χ2v) is 4.24. The van der Waals surface area contributed by atoms with Crippen molar-refractivity contribution in [2.24, 2.45) is 0 Å². The fraction of sp³-hybridized carbons (Fsp3) is 0.357. The van der Waals surface area contributed by atoms with Crippen LogP contribution in [-0.2, 0) is 11.3 Å². The number of nitrogens with one attached hydrogen (secondary N) is 1. The van der Waals surface area contributed by atoms with Crippen LogP contribution in [0, 0.1) is 6.92 Å². The number of benzene rings is 1. The summed E-state index contributed by atoms with van der Waals surface area (Å²) in [7, 11) is 3.62. The zero-order valence-electron chi connectivity index (χ0n) is 11.1. The van der Waals surface area contributed by atoms with Gasteiger partial charge in [-0.2, -0.15) is 5.10 Å². The summed E-state index contributed by atoms with van der Waals surface area (Å²) in [4.78, 5) is 0. The van der Waals surface area contributed by atoms with Gasteiger partial charge in [0.25, 0.3) is 0 Å². The van der Waals surface area contributed by atoms with E-state index in [9.17, 15) is 0 Å². The summed E-state index contributed by atoms with van der Waals surface area (Å²) in [6, 6.07) is 8.29. The Morgan fingerprint density at radius 2 is 2.00 bits per heavy atom. The Bertz CT molecular complexity index is 502. The third kappa shape index (κ3) is 2.71. The Hall–Kier alpha value is -1.81. The molecule has 0 fully saturated rings. The van der Waals surface area contributed by atoms with E-state index >= 15 is 0 Å². The van der Waals surface area contributed by atoms with Crippen molar-refractivity contribution in [3.05, 3.63) is 36.0 Å². The van der Waals surface area contributed by atoms with Gasteiger partial charge in [0.15, 0.2) is 0 Å². The number of aromatic nitrogens is 2. The number of ether oxygens (including phenoxy) is 1. The molecule has 4 nitrogen and oxygen atoms in total. The molecule has 0 bridgehead atoms. The van der Waals surface area contributed by atoms with Gasteiger partial charge >= 0.3 is 0 Å². The minimum absolute atomic E-state index is 0.680. The first-order valence-corrected chi connectivity index (χ1v) is 6.05. The molecule has 2 aromatic rings. The van der Waals surface area contributed by atoms with Crippen LogP contribution < -0.4 is 5.32 Å². The topological polar surface area (TPSA) is 39.1 Å². The molecule has 2 rings (SSSR count). The molecule has 0 aliphatic carbocycles. The van der Waals surface area contributed by atoms with E-state index in [0.717, 1.165) is 23.5 Å². The Balaban J connectivity index is 2.23. The second-order valence-electron chi connectivity index (χ2n) is 4.24. The molecule has 1 heterocycles. The fourth-order valence-corrected chi connectivity index (χ4v) is 1.90. The highest BCUT2D eigenvalue weighted by Crippen LogP contribution is 2.22. The number of methoxy groups -OCH3 is 1. The number of rotatable bonds is 5. The van der Waals surface area contributed by atoms with Crippen LogP contribution in [0.3, 0.4) is 0 Å². The maximum Gasteiger partial charge on any atom is 0.0952 e. The molecule has 0 spiro atoms. The Labute approximate surface area is 108 Å². The molecule has 0 aliphatic rings. The summed E-state index contributed by atoms with van der Waals surface area (Å²) in [5.41, 5.74) is 4.47. The van der Waals surface area contributed by atoms with Gasteiger partial charge in [-0.25, -0.2) is 0 Å². The fourth-order valence-electron chi connectivity index (χ4n) is 1.90. The third-order valence-electron chi connectivity index (χ3n) is 2.92. The Morgan fingerprint density at radius 1 is 1.28 bits per heavy atom. The molecule has 0 unspecified atom stereocenters. The van der Waals surface area contributed by atoms with E-state index in [1.54, 1.807) is 7.11 Å². The first-order valence-electron chi connectivity index (χ1n) is 6.05. The van der Waals surface area contributed by atoms with Crippen molar-refractivity contribution in [1.82, 2.24) is 9.78 Å². The molecule has 0 amide bonds. The predicted octanol–water partition coefficient (Wildman–Crippen LogP) is 2.55. The Kier molecular flexibility index (Phi) is 3.99. The minimum Gasteiger partial charge on any atom is -0.388 e. The van der Waals surface area contributed by atoms with Crippen LogP contribution >= 0.6 is 0 Å². The molecule has 18 heavy (non-hydrogen) atoms. The lowest BCUT2D eigenvalue weighted by molar-refractivity contribution is 0.183. The van der Waals surface area contributed by atoms with Gasteiger partial charge in [0.1, 0.15) is 0 Å². The van der Waals surface area contributed by atoms with Crippen molar-refractivity contribution in [2.45, 2.75) is 13.5 Å². The van der Waals surface area contributed by atoms with Gasteiger partial charge in [0.2, 0.25) is 0 Å². The monoisotopic (exact) mass is 245 g/mol. The van der Waals surface area contributed by atoms with Gasteiger partial charge in [0, 0.05) is 31.6 Å². The third-order valence-corrected chi connectivity index (χ3v) is 2.92. The van der Waals surface area contributed by atoms with Crippen LogP contribution in [0.25, 0.3) is 11.3 Å². The van der Waals surface area contributed by atoms with E-state index in [-0.39, 0.29) is 0 Å². The van der Waals surface area contributed by atoms with Crippen LogP contribution in [0.4, 0.5) is 5.69 Å². The normalized spacial score (nSPS) is 10.6. The van der Waals surface area contributed by atoms with Crippen molar-refractivity contribution < 1.29 is 4.74 Å². The average molecular weight is 245 g/mol. The largest absolute Gasteiger partial charge is 0.388 e. The molecule has 4 heteroatoms. The summed E-state index contributed by atoms with van der Waals surface area (Å²) in [5, 5.41) is 7.70. The lowest BCUT2D eigenvalue weighted by Crippen LogP contribution is -2.04. The van der Waals surface area contributed by atoms with Crippen molar-refractivity contribution in [3.8, 4) is 11.3 Å². The number of nitrogens with zero attached hydrogens (tertiary/aromatic N) is 2. The summed E-state index contributed by atoms with van der Waals surface area (Å²) < 4.78 is 6.99. The zero-order chi connectivity index (χ0) is 13.0. The highest BCUT2D eigenvalue weighted by molar-refractivity contribution is 5.65. The molecule has 1 aromatic carbocycles. The minimum atomic E-state index is 0.680. The maximum atomic E-state index is 5.06. The van der Waals surface area contributed by atoms with Gasteiger partial charge < -0.3 is 10.1 Å². The number of aryl methyl sites for hydroxylation is 1. The van der Waals surface area contributed by atoms with E-state index in [1.807, 2.05) is 11.7 Å². The molecule has 0 saturated carbocycles. The molecule has 0 aliphatic heterocycles. The van der Waals surface area contributed by atoms with Crippen LogP contribution in [0.2, 0.25) is 0 Å². The van der Waals surface area contributed by atoms with E-state index in [2.05, 4.69) is 47.8 Å². The highest BCUT2D eigenvalue weighted by atomic mass is 16.5. The molecule has 1 N–H and O–H groups in total. The van der Waals surface area contributed by atoms with Crippen molar-refractivity contribution in [2.75, 3.05) is 26.1 Å². The smallest absolute Gasteiger partial charge is 0.0952 e. The zero-order valence-corrected chi connectivity index (χ0v) is 11.1. The highest BCUT2D eigenvalue weighted by Gasteiger charge is 2.07. The molecule has 0 radical (unpaired) electrons. The van der Waals surface area contributed by atoms with Crippen molar-refractivity contribution in [3.63, 3.8) is 0 Å². The molecule has 0 saturated heterocycles. The molecule has 0 atom stereocenters. The van der Waals surface area contributed by atoms with Crippen LogP contribution in [0.15, 0.2) is 30.5 Å². The molecule has 96 valence electrons. The summed E-state index contributed by atoms with van der Waals surface area (Å²) >= 11 is 0. The van der Waals surface area contributed by atoms with Gasteiger partial charge in [-0.15, -0.1) is 0 Å². The van der Waals surface area contributed by atoms with Crippen LogP contribution in [0.1, 0.15) is 5.56 Å². The lowest BCUT2D eigenvalue weighted by atomic mass is 10.1.